The van der Waals surface area contributed by atoms with Gasteiger partial charge >= 0.3 is 0 Å². The van der Waals surface area contributed by atoms with E-state index in [1.165, 1.54) is 51.4 Å². The molecule has 206 valence electrons. The monoisotopic (exact) mass is 522 g/mol. The zero-order valence-electron chi connectivity index (χ0n) is 22.1. The molecule has 1 rings (SSSR count). The molecule has 8 heteroatoms. The van der Waals surface area contributed by atoms with E-state index in [4.69, 9.17) is 0 Å². The summed E-state index contributed by atoms with van der Waals surface area (Å²) >= 11 is 0. The van der Waals surface area contributed by atoms with Crippen LogP contribution in [0.15, 0.2) is 42.5 Å². The summed E-state index contributed by atoms with van der Waals surface area (Å²) in [7, 11) is -5.09. The molecule has 36 heavy (non-hydrogen) atoms. The lowest BCUT2D eigenvalue weighted by Gasteiger charge is -2.31. The van der Waals surface area contributed by atoms with Crippen LogP contribution in [0, 0.1) is 0 Å². The Bertz CT molecular complexity index is 739. The first-order valence-corrected chi connectivity index (χ1v) is 15.2. The summed E-state index contributed by atoms with van der Waals surface area (Å²) in [4.78, 5) is 34.0. The van der Waals surface area contributed by atoms with E-state index in [1.807, 2.05) is 30.3 Å². The SMILES string of the molecule is CCCCCCCC/C=C\CCCCCCCC(=O)N[C@@H](CNCc1ccccc1)COP(=O)([O-])[O-]. The third kappa shape index (κ3) is 20.7. The fraction of sp³-hybridized carbons (Fsp3) is 0.679. The molecule has 0 heterocycles. The number of allylic oxidation sites excluding steroid dienone is 2. The van der Waals surface area contributed by atoms with Gasteiger partial charge in [-0.1, -0.05) is 101 Å². The summed E-state index contributed by atoms with van der Waals surface area (Å²) in [5.41, 5.74) is 1.06. The van der Waals surface area contributed by atoms with Crippen LogP contribution in [0.4, 0.5) is 0 Å². The summed E-state index contributed by atoms with van der Waals surface area (Å²) in [6.45, 7) is 2.74. The van der Waals surface area contributed by atoms with Gasteiger partial charge < -0.3 is 29.5 Å². The first-order valence-electron chi connectivity index (χ1n) is 13.8. The quantitative estimate of drug-likeness (QED) is 0.117. The lowest BCUT2D eigenvalue weighted by Crippen LogP contribution is -2.45. The number of amides is 1. The zero-order valence-corrected chi connectivity index (χ0v) is 23.0. The molecule has 0 aromatic heterocycles. The van der Waals surface area contributed by atoms with Crippen molar-refractivity contribution in [3.63, 3.8) is 0 Å². The molecule has 1 amide bonds. The van der Waals surface area contributed by atoms with E-state index in [-0.39, 0.29) is 12.5 Å². The van der Waals surface area contributed by atoms with Crippen molar-refractivity contribution < 1.29 is 23.7 Å². The Labute approximate surface area is 218 Å². The van der Waals surface area contributed by atoms with Gasteiger partial charge in [0.2, 0.25) is 5.91 Å². The highest BCUT2D eigenvalue weighted by molar-refractivity contribution is 7.43. The molecule has 1 atom stereocenters. The highest BCUT2D eigenvalue weighted by atomic mass is 31.2. The Hall–Kier alpha value is -1.50. The van der Waals surface area contributed by atoms with Crippen LogP contribution in [0.3, 0.4) is 0 Å². The van der Waals surface area contributed by atoms with Gasteiger partial charge in [0.1, 0.15) is 0 Å². The number of rotatable bonds is 23. The number of carbonyl (C=O) groups excluding carboxylic acids is 1. The van der Waals surface area contributed by atoms with Gasteiger partial charge in [0.15, 0.2) is 0 Å². The van der Waals surface area contributed by atoms with Gasteiger partial charge in [0.05, 0.1) is 20.5 Å². The van der Waals surface area contributed by atoms with E-state index in [1.54, 1.807) is 0 Å². The fourth-order valence-corrected chi connectivity index (χ4v) is 4.34. The number of unbranched alkanes of at least 4 members (excludes halogenated alkanes) is 11. The Balaban J connectivity index is 2.11. The van der Waals surface area contributed by atoms with E-state index in [0.29, 0.717) is 19.5 Å². The molecule has 0 bridgehead atoms. The van der Waals surface area contributed by atoms with Gasteiger partial charge in [0.25, 0.3) is 0 Å². The van der Waals surface area contributed by atoms with Crippen LogP contribution in [-0.2, 0) is 20.4 Å². The summed E-state index contributed by atoms with van der Waals surface area (Å²) in [6.07, 6.45) is 20.5. The molecular weight excluding hydrogens is 475 g/mol. The van der Waals surface area contributed by atoms with E-state index in [0.717, 1.165) is 37.7 Å². The van der Waals surface area contributed by atoms with Crippen molar-refractivity contribution >= 4 is 13.7 Å². The molecule has 0 unspecified atom stereocenters. The minimum Gasteiger partial charge on any atom is -0.790 e. The lowest BCUT2D eigenvalue weighted by atomic mass is 10.1. The van der Waals surface area contributed by atoms with Crippen LogP contribution in [-0.4, -0.2) is 25.1 Å². The second kappa shape index (κ2) is 21.6. The molecule has 7 nitrogen and oxygen atoms in total. The van der Waals surface area contributed by atoms with Crippen molar-refractivity contribution in [3.05, 3.63) is 48.0 Å². The Kier molecular flexibility index (Phi) is 19.5. The molecule has 0 aliphatic carbocycles. The standard InChI is InChI=1S/C28H49N2O5P/c1-2-3-4-5-6-7-8-9-10-11-12-13-14-15-19-22-28(31)30-27(25-35-36(32,33)34)24-29-23-26-20-17-16-18-21-26/h9-10,16-18,20-21,27,29H,2-8,11-15,19,22-25H2,1H3,(H,30,31)(H2,32,33,34)/p-2/b10-9-/t27-/m0/s1. The van der Waals surface area contributed by atoms with Crippen LogP contribution in [0.2, 0.25) is 0 Å². The van der Waals surface area contributed by atoms with Crippen LogP contribution < -0.4 is 20.4 Å². The largest absolute Gasteiger partial charge is 0.790 e. The molecule has 1 aromatic rings. The number of nitrogens with one attached hydrogen (secondary N) is 2. The van der Waals surface area contributed by atoms with Crippen LogP contribution >= 0.6 is 7.82 Å². The summed E-state index contributed by atoms with van der Waals surface area (Å²) in [6, 6.07) is 9.12. The molecule has 0 saturated heterocycles. The highest BCUT2D eigenvalue weighted by Gasteiger charge is 2.13. The molecule has 2 N–H and O–H groups in total. The maximum Gasteiger partial charge on any atom is 0.220 e. The molecule has 0 saturated carbocycles. The number of benzene rings is 1. The van der Waals surface area contributed by atoms with Crippen LogP contribution in [0.5, 0.6) is 0 Å². The van der Waals surface area contributed by atoms with E-state index in [2.05, 4.69) is 34.2 Å². The zero-order chi connectivity index (χ0) is 26.3. The number of carbonyl (C=O) groups is 1. The van der Waals surface area contributed by atoms with Crippen LogP contribution in [0.25, 0.3) is 0 Å². The van der Waals surface area contributed by atoms with Gasteiger partial charge in [-0.2, -0.15) is 0 Å². The van der Waals surface area contributed by atoms with Gasteiger partial charge in [-0.3, -0.25) is 4.79 Å². The second-order valence-electron chi connectivity index (χ2n) is 9.46. The van der Waals surface area contributed by atoms with Crippen molar-refractivity contribution in [1.29, 1.82) is 0 Å². The number of phosphoric acid groups is 1. The summed E-state index contributed by atoms with van der Waals surface area (Å²) < 4.78 is 15.3. The smallest absolute Gasteiger partial charge is 0.220 e. The van der Waals surface area contributed by atoms with Crippen molar-refractivity contribution in [1.82, 2.24) is 10.6 Å². The average molecular weight is 523 g/mol. The van der Waals surface area contributed by atoms with Gasteiger partial charge in [-0.15, -0.1) is 0 Å². The molecule has 0 fully saturated rings. The van der Waals surface area contributed by atoms with Crippen molar-refractivity contribution in [2.75, 3.05) is 13.2 Å². The maximum absolute atomic E-state index is 12.3. The van der Waals surface area contributed by atoms with E-state index >= 15 is 0 Å². The predicted molar refractivity (Wildman–Crippen MR) is 143 cm³/mol. The minimum atomic E-state index is -5.09. The number of phosphoric ester groups is 1. The molecule has 0 radical (unpaired) electrons. The van der Waals surface area contributed by atoms with Gasteiger partial charge in [-0.25, -0.2) is 0 Å². The van der Waals surface area contributed by atoms with Crippen LogP contribution in [0.1, 0.15) is 102 Å². The topological polar surface area (TPSA) is 114 Å². The predicted octanol–water partition coefficient (Wildman–Crippen LogP) is 5.14. The third-order valence-corrected chi connectivity index (χ3v) is 6.49. The fourth-order valence-electron chi connectivity index (χ4n) is 3.98. The highest BCUT2D eigenvalue weighted by Crippen LogP contribution is 2.24. The van der Waals surface area contributed by atoms with Gasteiger partial charge in [-0.05, 0) is 37.7 Å². The molecular formula is C28H47N2O5P-2. The minimum absolute atomic E-state index is 0.158. The number of hydrogen-bond acceptors (Lipinski definition) is 6. The van der Waals surface area contributed by atoms with Crippen molar-refractivity contribution in [2.45, 2.75) is 109 Å². The Morgan fingerprint density at radius 2 is 1.50 bits per heavy atom. The maximum atomic E-state index is 12.3. The first kappa shape index (κ1) is 32.5. The molecule has 0 spiro atoms. The average Bonchev–Trinajstić information content (AvgIpc) is 2.85. The summed E-state index contributed by atoms with van der Waals surface area (Å²) in [5.74, 6) is -0.158. The first-order chi connectivity index (χ1) is 17.4. The second-order valence-corrected chi connectivity index (χ2v) is 10.6. The van der Waals surface area contributed by atoms with E-state index < -0.39 is 13.9 Å². The molecule has 0 aliphatic rings. The lowest BCUT2D eigenvalue weighted by molar-refractivity contribution is -0.342. The molecule has 0 aliphatic heterocycles. The number of hydrogen-bond donors (Lipinski definition) is 2. The summed E-state index contributed by atoms with van der Waals surface area (Å²) in [5, 5.41) is 5.96. The van der Waals surface area contributed by atoms with Crippen molar-refractivity contribution in [3.8, 4) is 0 Å². The van der Waals surface area contributed by atoms with Crippen molar-refractivity contribution in [2.24, 2.45) is 0 Å². The van der Waals surface area contributed by atoms with Gasteiger partial charge in [0, 0.05) is 19.5 Å². The normalized spacial score (nSPS) is 12.8. The third-order valence-electron chi connectivity index (χ3n) is 6.03. The molecule has 1 aromatic carbocycles. The van der Waals surface area contributed by atoms with E-state index in [9.17, 15) is 19.1 Å². The Morgan fingerprint density at radius 1 is 0.917 bits per heavy atom. The Morgan fingerprint density at radius 3 is 2.11 bits per heavy atom.